The maximum atomic E-state index is 12.2. The summed E-state index contributed by atoms with van der Waals surface area (Å²) in [5.41, 5.74) is 4.20. The minimum Gasteiger partial charge on any atom is -0.313 e. The molecule has 0 saturated heterocycles. The van der Waals surface area contributed by atoms with Gasteiger partial charge in [-0.2, -0.15) is 0 Å². The van der Waals surface area contributed by atoms with Crippen LogP contribution in [0.3, 0.4) is 0 Å². The van der Waals surface area contributed by atoms with Crippen molar-refractivity contribution in [2.45, 2.75) is 37.1 Å². The first kappa shape index (κ1) is 11.4. The van der Waals surface area contributed by atoms with E-state index < -0.39 is 10.8 Å². The first-order valence-corrected chi connectivity index (χ1v) is 7.74. The fraction of sp³-hybridized carbons (Fsp3) is 0.571. The summed E-state index contributed by atoms with van der Waals surface area (Å²) in [6.45, 7) is 2.19. The molecule has 3 atom stereocenters. The molecule has 1 N–H and O–H groups in total. The van der Waals surface area contributed by atoms with Gasteiger partial charge in [-0.1, -0.05) is 13.0 Å². The Bertz CT molecular complexity index is 483. The molecule has 2 aliphatic rings. The average Bonchev–Trinajstić information content (AvgIpc) is 2.74. The minimum atomic E-state index is -0.800. The molecular weight excluding hydrogens is 230 g/mol. The van der Waals surface area contributed by atoms with Gasteiger partial charge >= 0.3 is 0 Å². The van der Waals surface area contributed by atoms with Gasteiger partial charge in [-0.15, -0.1) is 0 Å². The van der Waals surface area contributed by atoms with Gasteiger partial charge in [-0.3, -0.25) is 4.21 Å². The Morgan fingerprint density at radius 2 is 2.00 bits per heavy atom. The molecule has 92 valence electrons. The highest BCUT2D eigenvalue weighted by molar-refractivity contribution is 7.85. The fourth-order valence-corrected chi connectivity index (χ4v) is 4.80. The number of fused-ring (bicyclic) bond motifs is 2. The zero-order valence-electron chi connectivity index (χ0n) is 10.5. The van der Waals surface area contributed by atoms with Gasteiger partial charge in [0, 0.05) is 16.7 Å². The number of aryl methyl sites for hydroxylation is 2. The SMILES string of the molecule is CNC1c2cc3c(cc2S(=O)CC1C)CCC3. The van der Waals surface area contributed by atoms with Gasteiger partial charge in [0.2, 0.25) is 0 Å². The Labute approximate surface area is 105 Å². The van der Waals surface area contributed by atoms with Crippen molar-refractivity contribution >= 4 is 10.8 Å². The lowest BCUT2D eigenvalue weighted by molar-refractivity contribution is 0.430. The molecule has 2 nitrogen and oxygen atoms in total. The van der Waals surface area contributed by atoms with Crippen LogP contribution in [-0.4, -0.2) is 17.0 Å². The van der Waals surface area contributed by atoms with Gasteiger partial charge < -0.3 is 5.32 Å². The second-order valence-corrected chi connectivity index (χ2v) is 6.73. The van der Waals surface area contributed by atoms with Crippen molar-refractivity contribution in [3.63, 3.8) is 0 Å². The highest BCUT2D eigenvalue weighted by Crippen LogP contribution is 2.37. The van der Waals surface area contributed by atoms with Crippen LogP contribution < -0.4 is 5.32 Å². The number of nitrogens with one attached hydrogen (secondary N) is 1. The number of benzene rings is 1. The monoisotopic (exact) mass is 249 g/mol. The standard InChI is InChI=1S/C14H19NOS/c1-9-8-17(16)13-7-11-5-3-4-10(11)6-12(13)14(9)15-2/h6-7,9,14-15H,3-5,8H2,1-2H3. The molecular formula is C14H19NOS. The van der Waals surface area contributed by atoms with E-state index in [2.05, 4.69) is 24.4 Å². The second-order valence-electron chi connectivity index (χ2n) is 5.27. The first-order valence-electron chi connectivity index (χ1n) is 6.42. The molecule has 0 aromatic heterocycles. The van der Waals surface area contributed by atoms with Gasteiger partial charge in [0.05, 0.1) is 10.8 Å². The van der Waals surface area contributed by atoms with E-state index in [1.54, 1.807) is 0 Å². The molecule has 17 heavy (non-hydrogen) atoms. The van der Waals surface area contributed by atoms with E-state index in [0.29, 0.717) is 12.0 Å². The molecule has 1 aliphatic heterocycles. The summed E-state index contributed by atoms with van der Waals surface area (Å²) < 4.78 is 12.2. The van der Waals surface area contributed by atoms with Crippen LogP contribution in [0.15, 0.2) is 17.0 Å². The molecule has 3 unspecified atom stereocenters. The van der Waals surface area contributed by atoms with E-state index in [4.69, 9.17) is 0 Å². The lowest BCUT2D eigenvalue weighted by atomic mass is 9.93. The van der Waals surface area contributed by atoms with Gasteiger partial charge in [0.1, 0.15) is 0 Å². The third-order valence-electron chi connectivity index (χ3n) is 4.10. The van der Waals surface area contributed by atoms with Crippen molar-refractivity contribution in [3.8, 4) is 0 Å². The zero-order valence-corrected chi connectivity index (χ0v) is 11.3. The van der Waals surface area contributed by atoms with E-state index in [-0.39, 0.29) is 0 Å². The normalized spacial score (nSPS) is 31.1. The van der Waals surface area contributed by atoms with Crippen molar-refractivity contribution in [1.82, 2.24) is 5.32 Å². The average molecular weight is 249 g/mol. The zero-order chi connectivity index (χ0) is 12.0. The predicted molar refractivity (Wildman–Crippen MR) is 70.7 cm³/mol. The van der Waals surface area contributed by atoms with E-state index >= 15 is 0 Å². The lowest BCUT2D eigenvalue weighted by Gasteiger charge is -2.31. The smallest absolute Gasteiger partial charge is 0.0536 e. The largest absolute Gasteiger partial charge is 0.313 e. The molecule has 0 spiro atoms. The van der Waals surface area contributed by atoms with Crippen LogP contribution in [0.4, 0.5) is 0 Å². The van der Waals surface area contributed by atoms with Crippen LogP contribution in [0.25, 0.3) is 0 Å². The Hall–Kier alpha value is -0.670. The van der Waals surface area contributed by atoms with Crippen molar-refractivity contribution in [3.05, 3.63) is 28.8 Å². The van der Waals surface area contributed by atoms with Gasteiger partial charge in [0.25, 0.3) is 0 Å². The molecule has 1 heterocycles. The molecule has 0 saturated carbocycles. The van der Waals surface area contributed by atoms with Crippen molar-refractivity contribution in [1.29, 1.82) is 0 Å². The second kappa shape index (κ2) is 4.21. The molecule has 0 radical (unpaired) electrons. The molecule has 0 amide bonds. The van der Waals surface area contributed by atoms with Crippen LogP contribution in [0.1, 0.15) is 36.1 Å². The third-order valence-corrected chi connectivity index (χ3v) is 5.77. The maximum Gasteiger partial charge on any atom is 0.0536 e. The summed E-state index contributed by atoms with van der Waals surface area (Å²) >= 11 is 0. The van der Waals surface area contributed by atoms with Gasteiger partial charge in [-0.05, 0) is 55.0 Å². The molecule has 0 bridgehead atoms. The third kappa shape index (κ3) is 1.76. The number of hydrogen-bond acceptors (Lipinski definition) is 2. The summed E-state index contributed by atoms with van der Waals surface area (Å²) in [4.78, 5) is 1.09. The summed E-state index contributed by atoms with van der Waals surface area (Å²) in [5.74, 6) is 1.24. The molecule has 3 rings (SSSR count). The molecule has 3 heteroatoms. The van der Waals surface area contributed by atoms with Crippen molar-refractivity contribution in [2.75, 3.05) is 12.8 Å². The van der Waals surface area contributed by atoms with Crippen molar-refractivity contribution in [2.24, 2.45) is 5.92 Å². The van der Waals surface area contributed by atoms with E-state index in [9.17, 15) is 4.21 Å². The van der Waals surface area contributed by atoms with Crippen LogP contribution in [0.5, 0.6) is 0 Å². The van der Waals surface area contributed by atoms with Crippen molar-refractivity contribution < 1.29 is 4.21 Å². The van der Waals surface area contributed by atoms with Crippen LogP contribution in [-0.2, 0) is 23.6 Å². The maximum absolute atomic E-state index is 12.2. The van der Waals surface area contributed by atoms with Gasteiger partial charge in [-0.25, -0.2) is 0 Å². The van der Waals surface area contributed by atoms with Crippen LogP contribution >= 0.6 is 0 Å². The topological polar surface area (TPSA) is 29.1 Å². The Morgan fingerprint density at radius 1 is 1.29 bits per heavy atom. The molecule has 1 aromatic rings. The number of rotatable bonds is 1. The predicted octanol–water partition coefficient (Wildman–Crippen LogP) is 2.19. The number of hydrogen-bond donors (Lipinski definition) is 1. The van der Waals surface area contributed by atoms with Crippen LogP contribution in [0, 0.1) is 5.92 Å². The highest BCUT2D eigenvalue weighted by Gasteiger charge is 2.31. The summed E-state index contributed by atoms with van der Waals surface area (Å²) in [6, 6.07) is 4.89. The minimum absolute atomic E-state index is 0.369. The first-order chi connectivity index (χ1) is 8.20. The summed E-state index contributed by atoms with van der Waals surface area (Å²) in [5, 5.41) is 3.39. The van der Waals surface area contributed by atoms with E-state index in [0.717, 1.165) is 10.6 Å². The molecule has 0 fully saturated rings. The Balaban J connectivity index is 2.15. The molecule has 1 aromatic carbocycles. The van der Waals surface area contributed by atoms with Crippen LogP contribution in [0.2, 0.25) is 0 Å². The Kier molecular flexibility index (Phi) is 2.83. The Morgan fingerprint density at radius 3 is 2.71 bits per heavy atom. The lowest BCUT2D eigenvalue weighted by Crippen LogP contribution is -2.32. The fourth-order valence-electron chi connectivity index (χ4n) is 3.23. The van der Waals surface area contributed by atoms with Gasteiger partial charge in [0.15, 0.2) is 0 Å². The highest BCUT2D eigenvalue weighted by atomic mass is 32.2. The van der Waals surface area contributed by atoms with E-state index in [1.165, 1.54) is 36.0 Å². The quantitative estimate of drug-likeness (QED) is 0.826. The van der Waals surface area contributed by atoms with E-state index in [1.807, 2.05) is 7.05 Å². The summed E-state index contributed by atoms with van der Waals surface area (Å²) in [6.07, 6.45) is 3.62. The summed E-state index contributed by atoms with van der Waals surface area (Å²) in [7, 11) is 1.21. The molecule has 1 aliphatic carbocycles.